The number of amidine groups is 1. The SMILES string of the molecule is CC1N=C2C(=CC=CN2CCCCCC(=O)O)C1(C)C. The van der Waals surface area contributed by atoms with Gasteiger partial charge in [-0.1, -0.05) is 26.3 Å². The number of rotatable bonds is 6. The molecular formula is C16H24N2O2. The van der Waals surface area contributed by atoms with Gasteiger partial charge >= 0.3 is 5.97 Å². The maximum Gasteiger partial charge on any atom is 0.303 e. The predicted molar refractivity (Wildman–Crippen MR) is 80.7 cm³/mol. The van der Waals surface area contributed by atoms with Crippen LogP contribution in [0.3, 0.4) is 0 Å². The molecule has 0 fully saturated rings. The van der Waals surface area contributed by atoms with E-state index < -0.39 is 5.97 Å². The molecule has 0 aromatic heterocycles. The molecule has 2 rings (SSSR count). The van der Waals surface area contributed by atoms with Gasteiger partial charge < -0.3 is 10.0 Å². The standard InChI is InChI=1S/C16H24N2O2/c1-12-16(2,3)13-8-7-11-18(15(13)17-12)10-6-4-5-9-14(19)20/h7-8,11-12H,4-6,9-10H2,1-3H3,(H,19,20). The van der Waals surface area contributed by atoms with E-state index in [1.807, 2.05) is 0 Å². The van der Waals surface area contributed by atoms with E-state index in [-0.39, 0.29) is 11.8 Å². The summed E-state index contributed by atoms with van der Waals surface area (Å²) in [5, 5.41) is 8.62. The van der Waals surface area contributed by atoms with Gasteiger partial charge in [-0.25, -0.2) is 0 Å². The third-order valence-electron chi connectivity index (χ3n) is 4.39. The van der Waals surface area contributed by atoms with Crippen molar-refractivity contribution in [3.05, 3.63) is 23.9 Å². The van der Waals surface area contributed by atoms with Crippen molar-refractivity contribution in [2.24, 2.45) is 10.4 Å². The van der Waals surface area contributed by atoms with Gasteiger partial charge in [-0.2, -0.15) is 0 Å². The molecule has 0 amide bonds. The topological polar surface area (TPSA) is 52.9 Å². The molecule has 20 heavy (non-hydrogen) atoms. The van der Waals surface area contributed by atoms with Crippen molar-refractivity contribution < 1.29 is 9.90 Å². The molecule has 1 unspecified atom stereocenters. The second kappa shape index (κ2) is 5.81. The number of nitrogens with zero attached hydrogens (tertiary/aromatic N) is 2. The molecule has 0 aromatic rings. The molecule has 1 atom stereocenters. The first-order valence-electron chi connectivity index (χ1n) is 7.38. The van der Waals surface area contributed by atoms with Crippen molar-refractivity contribution in [1.82, 2.24) is 4.90 Å². The van der Waals surface area contributed by atoms with E-state index in [0.717, 1.165) is 31.6 Å². The van der Waals surface area contributed by atoms with Crippen LogP contribution in [0.1, 0.15) is 46.5 Å². The lowest BCUT2D eigenvalue weighted by atomic mass is 9.79. The molecule has 2 heterocycles. The monoisotopic (exact) mass is 276 g/mol. The minimum absolute atomic E-state index is 0.0989. The highest BCUT2D eigenvalue weighted by Gasteiger charge is 2.40. The lowest BCUT2D eigenvalue weighted by Crippen LogP contribution is -2.32. The summed E-state index contributed by atoms with van der Waals surface area (Å²) < 4.78 is 0. The summed E-state index contributed by atoms with van der Waals surface area (Å²) in [5.41, 5.74) is 1.42. The van der Waals surface area contributed by atoms with Gasteiger partial charge in [0.05, 0.1) is 6.04 Å². The van der Waals surface area contributed by atoms with Gasteiger partial charge in [-0.3, -0.25) is 9.79 Å². The number of carboxylic acid groups (broad SMARTS) is 1. The van der Waals surface area contributed by atoms with E-state index in [0.29, 0.717) is 6.04 Å². The Bertz CT molecular complexity index is 475. The van der Waals surface area contributed by atoms with Gasteiger partial charge in [0.1, 0.15) is 5.84 Å². The van der Waals surface area contributed by atoms with E-state index in [9.17, 15) is 4.79 Å². The Morgan fingerprint density at radius 1 is 1.40 bits per heavy atom. The van der Waals surface area contributed by atoms with Crippen LogP contribution in [0.4, 0.5) is 0 Å². The Morgan fingerprint density at radius 3 is 2.85 bits per heavy atom. The van der Waals surface area contributed by atoms with Gasteiger partial charge in [0.25, 0.3) is 0 Å². The van der Waals surface area contributed by atoms with Crippen LogP contribution in [-0.4, -0.2) is 34.4 Å². The lowest BCUT2D eigenvalue weighted by molar-refractivity contribution is -0.137. The average Bonchev–Trinajstić information content (AvgIpc) is 2.61. The van der Waals surface area contributed by atoms with E-state index in [4.69, 9.17) is 10.1 Å². The number of fused-ring (bicyclic) bond motifs is 1. The summed E-state index contributed by atoms with van der Waals surface area (Å²) in [6.45, 7) is 7.56. The van der Waals surface area contributed by atoms with Crippen LogP contribution in [0.2, 0.25) is 0 Å². The van der Waals surface area contributed by atoms with Crippen molar-refractivity contribution in [3.63, 3.8) is 0 Å². The molecule has 0 saturated carbocycles. The average molecular weight is 276 g/mol. The van der Waals surface area contributed by atoms with Crippen LogP contribution in [0.15, 0.2) is 28.9 Å². The quantitative estimate of drug-likeness (QED) is 0.758. The summed E-state index contributed by atoms with van der Waals surface area (Å²) in [6, 6.07) is 0.304. The Labute approximate surface area is 120 Å². The molecule has 110 valence electrons. The van der Waals surface area contributed by atoms with Crippen LogP contribution < -0.4 is 0 Å². The molecule has 2 aliphatic heterocycles. The van der Waals surface area contributed by atoms with E-state index in [1.165, 1.54) is 5.57 Å². The summed E-state index contributed by atoms with van der Waals surface area (Å²) >= 11 is 0. The highest BCUT2D eigenvalue weighted by molar-refractivity contribution is 6.03. The van der Waals surface area contributed by atoms with E-state index >= 15 is 0 Å². The van der Waals surface area contributed by atoms with Crippen LogP contribution in [0.5, 0.6) is 0 Å². The minimum Gasteiger partial charge on any atom is -0.481 e. The fourth-order valence-corrected chi connectivity index (χ4v) is 2.68. The summed E-state index contributed by atoms with van der Waals surface area (Å²) in [5.74, 6) is 0.395. The van der Waals surface area contributed by atoms with Crippen molar-refractivity contribution >= 4 is 11.8 Å². The second-order valence-electron chi connectivity index (χ2n) is 6.17. The smallest absolute Gasteiger partial charge is 0.303 e. The minimum atomic E-state index is -0.705. The number of carbonyl (C=O) groups is 1. The largest absolute Gasteiger partial charge is 0.481 e. The van der Waals surface area contributed by atoms with Crippen LogP contribution in [-0.2, 0) is 4.79 Å². The normalized spacial score (nSPS) is 23.4. The van der Waals surface area contributed by atoms with E-state index in [1.54, 1.807) is 0 Å². The van der Waals surface area contributed by atoms with Crippen LogP contribution in [0, 0.1) is 5.41 Å². The van der Waals surface area contributed by atoms with Crippen LogP contribution in [0.25, 0.3) is 0 Å². The van der Waals surface area contributed by atoms with Crippen LogP contribution >= 0.6 is 0 Å². The van der Waals surface area contributed by atoms with E-state index in [2.05, 4.69) is 44.0 Å². The zero-order chi connectivity index (χ0) is 14.8. The lowest BCUT2D eigenvalue weighted by Gasteiger charge is -2.29. The number of aliphatic carboxylic acids is 1. The molecule has 0 radical (unpaired) electrons. The third kappa shape index (κ3) is 2.94. The van der Waals surface area contributed by atoms with Crippen molar-refractivity contribution in [2.75, 3.05) is 6.54 Å². The molecule has 0 spiro atoms. The fraction of sp³-hybridized carbons (Fsp3) is 0.625. The Morgan fingerprint density at radius 2 is 2.15 bits per heavy atom. The number of aliphatic imine (C=N–C) groups is 1. The molecule has 0 saturated heterocycles. The molecule has 1 N–H and O–H groups in total. The van der Waals surface area contributed by atoms with Gasteiger partial charge in [0.15, 0.2) is 0 Å². The highest BCUT2D eigenvalue weighted by atomic mass is 16.4. The Balaban J connectivity index is 1.89. The number of hydrogen-bond acceptors (Lipinski definition) is 3. The summed E-state index contributed by atoms with van der Waals surface area (Å²) in [6.07, 6.45) is 9.30. The molecule has 0 aromatic carbocycles. The number of hydrogen-bond donors (Lipinski definition) is 1. The van der Waals surface area contributed by atoms with Gasteiger partial charge in [-0.15, -0.1) is 0 Å². The fourth-order valence-electron chi connectivity index (χ4n) is 2.68. The summed E-state index contributed by atoms with van der Waals surface area (Å²) in [7, 11) is 0. The summed E-state index contributed by atoms with van der Waals surface area (Å²) in [4.78, 5) is 17.5. The zero-order valence-electron chi connectivity index (χ0n) is 12.6. The number of unbranched alkanes of at least 4 members (excludes halogenated alkanes) is 2. The van der Waals surface area contributed by atoms with Gasteiger partial charge in [0, 0.05) is 30.2 Å². The molecule has 2 aliphatic rings. The Kier molecular flexibility index (Phi) is 4.31. The first kappa shape index (κ1) is 14.8. The first-order valence-corrected chi connectivity index (χ1v) is 7.38. The first-order chi connectivity index (χ1) is 9.43. The molecule has 0 bridgehead atoms. The maximum atomic E-state index is 10.5. The Hall–Kier alpha value is -1.58. The number of allylic oxidation sites excluding steroid dienone is 2. The van der Waals surface area contributed by atoms with Crippen molar-refractivity contribution in [1.29, 1.82) is 0 Å². The van der Waals surface area contributed by atoms with Gasteiger partial charge in [-0.05, 0) is 25.8 Å². The molecular weight excluding hydrogens is 252 g/mol. The van der Waals surface area contributed by atoms with Crippen molar-refractivity contribution in [2.45, 2.75) is 52.5 Å². The number of carboxylic acids is 1. The maximum absolute atomic E-state index is 10.5. The molecule has 0 aliphatic carbocycles. The highest BCUT2D eigenvalue weighted by Crippen LogP contribution is 2.41. The van der Waals surface area contributed by atoms with Gasteiger partial charge in [0.2, 0.25) is 0 Å². The zero-order valence-corrected chi connectivity index (χ0v) is 12.6. The van der Waals surface area contributed by atoms with Crippen molar-refractivity contribution in [3.8, 4) is 0 Å². The second-order valence-corrected chi connectivity index (χ2v) is 6.17. The predicted octanol–water partition coefficient (Wildman–Crippen LogP) is 3.21. The third-order valence-corrected chi connectivity index (χ3v) is 4.39. The molecule has 4 heteroatoms. The molecule has 4 nitrogen and oxygen atoms in total.